The fraction of sp³-hybridized carbons (Fsp3) is 0.333. The molecule has 0 aliphatic heterocycles. The lowest BCUT2D eigenvalue weighted by atomic mass is 10.2. The van der Waals surface area contributed by atoms with E-state index in [9.17, 15) is 4.79 Å². The molecule has 0 saturated heterocycles. The van der Waals surface area contributed by atoms with Gasteiger partial charge >= 0.3 is 5.97 Å². The lowest BCUT2D eigenvalue weighted by Gasteiger charge is -2.04. The van der Waals surface area contributed by atoms with Gasteiger partial charge in [-0.3, -0.25) is 9.78 Å². The highest BCUT2D eigenvalue weighted by Gasteiger charge is 2.10. The molecule has 0 saturated carbocycles. The summed E-state index contributed by atoms with van der Waals surface area (Å²) in [5.41, 5.74) is 0. The van der Waals surface area contributed by atoms with Crippen molar-refractivity contribution in [2.75, 3.05) is 5.75 Å². The number of aliphatic carboxylic acids is 1. The standard InChI is InChI=1S/C9H11NO2S/c1-7(9(11)12)6-13-8-3-2-4-10-5-8/h2-5,7H,6H2,1H3,(H,11,12). The smallest absolute Gasteiger partial charge is 0.307 e. The number of carbonyl (C=O) groups is 1. The summed E-state index contributed by atoms with van der Waals surface area (Å²) < 4.78 is 0. The number of rotatable bonds is 4. The van der Waals surface area contributed by atoms with Crippen molar-refractivity contribution in [3.05, 3.63) is 24.5 Å². The average molecular weight is 197 g/mol. The molecule has 0 spiro atoms. The van der Waals surface area contributed by atoms with E-state index in [0.29, 0.717) is 5.75 Å². The predicted molar refractivity (Wildman–Crippen MR) is 51.8 cm³/mol. The van der Waals surface area contributed by atoms with Gasteiger partial charge in [0.25, 0.3) is 0 Å². The summed E-state index contributed by atoms with van der Waals surface area (Å²) >= 11 is 1.51. The molecule has 0 fully saturated rings. The van der Waals surface area contributed by atoms with E-state index in [1.807, 2.05) is 12.1 Å². The molecule has 0 aromatic carbocycles. The van der Waals surface area contributed by atoms with Gasteiger partial charge in [0, 0.05) is 23.0 Å². The molecular formula is C9H11NO2S. The molecule has 1 aromatic heterocycles. The van der Waals surface area contributed by atoms with E-state index < -0.39 is 5.97 Å². The fourth-order valence-electron chi connectivity index (χ4n) is 0.725. The maximum absolute atomic E-state index is 10.5. The first-order valence-corrected chi connectivity index (χ1v) is 4.94. The first-order chi connectivity index (χ1) is 6.20. The Morgan fingerprint density at radius 2 is 2.54 bits per heavy atom. The molecule has 3 nitrogen and oxygen atoms in total. The summed E-state index contributed by atoms with van der Waals surface area (Å²) in [6.07, 6.45) is 3.43. The van der Waals surface area contributed by atoms with Crippen LogP contribution in [0.15, 0.2) is 29.4 Å². The third kappa shape index (κ3) is 3.46. The second-order valence-electron chi connectivity index (χ2n) is 2.74. The second kappa shape index (κ2) is 4.87. The van der Waals surface area contributed by atoms with Gasteiger partial charge in [-0.05, 0) is 12.1 Å². The van der Waals surface area contributed by atoms with Crippen LogP contribution in [-0.4, -0.2) is 21.8 Å². The molecule has 0 aliphatic rings. The maximum Gasteiger partial charge on any atom is 0.307 e. The monoisotopic (exact) mass is 197 g/mol. The minimum Gasteiger partial charge on any atom is -0.481 e. The lowest BCUT2D eigenvalue weighted by molar-refractivity contribution is -0.140. The van der Waals surface area contributed by atoms with Crippen molar-refractivity contribution in [2.24, 2.45) is 5.92 Å². The van der Waals surface area contributed by atoms with Crippen LogP contribution in [0.4, 0.5) is 0 Å². The van der Waals surface area contributed by atoms with E-state index in [-0.39, 0.29) is 5.92 Å². The fourth-order valence-corrected chi connectivity index (χ4v) is 1.62. The molecule has 1 N–H and O–H groups in total. The summed E-state index contributed by atoms with van der Waals surface area (Å²) in [7, 11) is 0. The van der Waals surface area contributed by atoms with Crippen LogP contribution < -0.4 is 0 Å². The highest BCUT2D eigenvalue weighted by atomic mass is 32.2. The Kier molecular flexibility index (Phi) is 3.76. The summed E-state index contributed by atoms with van der Waals surface area (Å²) in [6.45, 7) is 1.70. The van der Waals surface area contributed by atoms with Gasteiger partial charge in [0.05, 0.1) is 5.92 Å². The topological polar surface area (TPSA) is 50.2 Å². The van der Waals surface area contributed by atoms with Crippen LogP contribution in [0.25, 0.3) is 0 Å². The van der Waals surface area contributed by atoms with E-state index in [0.717, 1.165) is 4.90 Å². The number of carboxylic acids is 1. The predicted octanol–water partition coefficient (Wildman–Crippen LogP) is 1.89. The maximum atomic E-state index is 10.5. The van der Waals surface area contributed by atoms with Gasteiger partial charge in [0.15, 0.2) is 0 Å². The first kappa shape index (κ1) is 10.1. The molecule has 70 valence electrons. The second-order valence-corrected chi connectivity index (χ2v) is 3.83. The quantitative estimate of drug-likeness (QED) is 0.749. The van der Waals surface area contributed by atoms with Crippen LogP contribution in [0.3, 0.4) is 0 Å². The number of carboxylic acid groups (broad SMARTS) is 1. The third-order valence-electron chi connectivity index (χ3n) is 1.56. The van der Waals surface area contributed by atoms with Gasteiger partial charge in [-0.15, -0.1) is 11.8 Å². The van der Waals surface area contributed by atoms with Crippen LogP contribution in [0, 0.1) is 5.92 Å². The number of hydrogen-bond acceptors (Lipinski definition) is 3. The zero-order valence-corrected chi connectivity index (χ0v) is 8.12. The molecule has 0 bridgehead atoms. The molecule has 0 radical (unpaired) electrons. The summed E-state index contributed by atoms with van der Waals surface area (Å²) in [4.78, 5) is 15.4. The molecule has 1 rings (SSSR count). The Balaban J connectivity index is 2.39. The summed E-state index contributed by atoms with van der Waals surface area (Å²) in [6, 6.07) is 3.76. The number of aromatic nitrogens is 1. The largest absolute Gasteiger partial charge is 0.481 e. The Labute approximate surface area is 81.2 Å². The van der Waals surface area contributed by atoms with Crippen LogP contribution in [0.5, 0.6) is 0 Å². The molecule has 1 atom stereocenters. The molecule has 1 aromatic rings. The minimum absolute atomic E-state index is 0.315. The van der Waals surface area contributed by atoms with Gasteiger partial charge in [-0.25, -0.2) is 0 Å². The Bertz CT molecular complexity index is 276. The van der Waals surface area contributed by atoms with Crippen molar-refractivity contribution < 1.29 is 9.90 Å². The molecule has 1 unspecified atom stereocenters. The van der Waals surface area contributed by atoms with Gasteiger partial charge < -0.3 is 5.11 Å². The van der Waals surface area contributed by atoms with Crippen LogP contribution in [0.2, 0.25) is 0 Å². The minimum atomic E-state index is -0.753. The van der Waals surface area contributed by atoms with E-state index in [1.54, 1.807) is 19.3 Å². The van der Waals surface area contributed by atoms with E-state index >= 15 is 0 Å². The normalized spacial score (nSPS) is 12.4. The Morgan fingerprint density at radius 1 is 1.77 bits per heavy atom. The van der Waals surface area contributed by atoms with Gasteiger partial charge in [0.1, 0.15) is 0 Å². The van der Waals surface area contributed by atoms with Crippen molar-refractivity contribution in [3.63, 3.8) is 0 Å². The Morgan fingerprint density at radius 3 is 3.08 bits per heavy atom. The molecule has 4 heteroatoms. The molecular weight excluding hydrogens is 186 g/mol. The first-order valence-electron chi connectivity index (χ1n) is 3.96. The van der Waals surface area contributed by atoms with E-state index in [4.69, 9.17) is 5.11 Å². The average Bonchev–Trinajstić information content (AvgIpc) is 2.15. The van der Waals surface area contributed by atoms with Crippen molar-refractivity contribution in [2.45, 2.75) is 11.8 Å². The molecule has 0 aliphatic carbocycles. The number of hydrogen-bond donors (Lipinski definition) is 1. The number of thioether (sulfide) groups is 1. The van der Waals surface area contributed by atoms with Crippen molar-refractivity contribution in [3.8, 4) is 0 Å². The molecule has 1 heterocycles. The SMILES string of the molecule is CC(CSc1cccnc1)C(=O)O. The zero-order chi connectivity index (χ0) is 9.68. The highest BCUT2D eigenvalue weighted by Crippen LogP contribution is 2.18. The van der Waals surface area contributed by atoms with Crippen LogP contribution in [-0.2, 0) is 4.79 Å². The summed E-state index contributed by atoms with van der Waals surface area (Å²) in [5, 5.41) is 8.63. The van der Waals surface area contributed by atoms with Gasteiger partial charge in [-0.1, -0.05) is 6.92 Å². The van der Waals surface area contributed by atoms with E-state index in [2.05, 4.69) is 4.98 Å². The highest BCUT2D eigenvalue weighted by molar-refractivity contribution is 7.99. The number of nitrogens with zero attached hydrogens (tertiary/aromatic N) is 1. The zero-order valence-electron chi connectivity index (χ0n) is 7.30. The van der Waals surface area contributed by atoms with Crippen molar-refractivity contribution in [1.29, 1.82) is 0 Å². The third-order valence-corrected chi connectivity index (χ3v) is 2.80. The molecule has 13 heavy (non-hydrogen) atoms. The summed E-state index contributed by atoms with van der Waals surface area (Å²) in [5.74, 6) is -0.484. The lowest BCUT2D eigenvalue weighted by Crippen LogP contribution is -2.11. The van der Waals surface area contributed by atoms with Crippen molar-refractivity contribution in [1.82, 2.24) is 4.98 Å². The number of pyridine rings is 1. The van der Waals surface area contributed by atoms with E-state index in [1.165, 1.54) is 11.8 Å². The molecule has 0 amide bonds. The van der Waals surface area contributed by atoms with Crippen LogP contribution in [0.1, 0.15) is 6.92 Å². The van der Waals surface area contributed by atoms with Gasteiger partial charge in [0.2, 0.25) is 0 Å². The Hall–Kier alpha value is -1.03. The van der Waals surface area contributed by atoms with Gasteiger partial charge in [-0.2, -0.15) is 0 Å². The van der Waals surface area contributed by atoms with Crippen molar-refractivity contribution >= 4 is 17.7 Å². The van der Waals surface area contributed by atoms with Crippen LogP contribution >= 0.6 is 11.8 Å².